The summed E-state index contributed by atoms with van der Waals surface area (Å²) in [6.07, 6.45) is 6.39. The quantitative estimate of drug-likeness (QED) is 0.838. The van der Waals surface area contributed by atoms with Crippen LogP contribution in [0.2, 0.25) is 0 Å². The summed E-state index contributed by atoms with van der Waals surface area (Å²) in [5, 5.41) is 3.62. The van der Waals surface area contributed by atoms with Crippen molar-refractivity contribution in [2.45, 2.75) is 25.8 Å². The average molecular weight is 275 g/mol. The van der Waals surface area contributed by atoms with Crippen molar-refractivity contribution < 1.29 is 0 Å². The Morgan fingerprint density at radius 2 is 1.90 bits per heavy atom. The van der Waals surface area contributed by atoms with Gasteiger partial charge in [0.2, 0.25) is 5.95 Å². The minimum Gasteiger partial charge on any atom is -0.338 e. The number of nitrogens with zero attached hydrogens (tertiary/aromatic N) is 4. The van der Waals surface area contributed by atoms with Crippen LogP contribution in [0.4, 0.5) is 5.95 Å². The fourth-order valence-electron chi connectivity index (χ4n) is 2.75. The van der Waals surface area contributed by atoms with E-state index in [2.05, 4.69) is 32.0 Å². The van der Waals surface area contributed by atoms with Crippen LogP contribution in [-0.2, 0) is 0 Å². The third-order valence-corrected chi connectivity index (χ3v) is 4.11. The van der Waals surface area contributed by atoms with Gasteiger partial charge in [0.15, 0.2) is 0 Å². The highest BCUT2D eigenvalue weighted by Crippen LogP contribution is 2.19. The lowest BCUT2D eigenvalue weighted by Crippen LogP contribution is -2.48. The van der Waals surface area contributed by atoms with Crippen molar-refractivity contribution in [2.75, 3.05) is 44.2 Å². The van der Waals surface area contributed by atoms with E-state index < -0.39 is 0 Å². The Morgan fingerprint density at radius 1 is 1.20 bits per heavy atom. The first-order valence-corrected chi connectivity index (χ1v) is 7.79. The first-order valence-electron chi connectivity index (χ1n) is 7.79. The Hall–Kier alpha value is -1.20. The average Bonchev–Trinajstić information content (AvgIpc) is 3.31. The molecular weight excluding hydrogens is 250 g/mol. The molecule has 1 unspecified atom stereocenters. The zero-order chi connectivity index (χ0) is 13.8. The molecule has 1 aliphatic carbocycles. The lowest BCUT2D eigenvalue weighted by atomic mass is 10.1. The minimum atomic E-state index is 0.732. The molecule has 2 fully saturated rings. The van der Waals surface area contributed by atoms with Gasteiger partial charge in [-0.3, -0.25) is 4.90 Å². The SMILES string of the molecule is CC(CNC1CC1)CN1CCN(c2ncccn2)CC1. The van der Waals surface area contributed by atoms with Crippen LogP contribution in [0.25, 0.3) is 0 Å². The summed E-state index contributed by atoms with van der Waals surface area (Å²) in [4.78, 5) is 13.5. The van der Waals surface area contributed by atoms with E-state index in [0.717, 1.165) is 50.6 Å². The predicted octanol–water partition coefficient (Wildman–Crippen LogP) is 0.987. The van der Waals surface area contributed by atoms with Gasteiger partial charge in [-0.05, 0) is 31.4 Å². The third kappa shape index (κ3) is 3.90. The van der Waals surface area contributed by atoms with Gasteiger partial charge in [0, 0.05) is 51.2 Å². The van der Waals surface area contributed by atoms with E-state index in [1.165, 1.54) is 19.4 Å². The maximum Gasteiger partial charge on any atom is 0.225 e. The van der Waals surface area contributed by atoms with E-state index in [0.29, 0.717) is 0 Å². The van der Waals surface area contributed by atoms with Crippen molar-refractivity contribution in [3.05, 3.63) is 18.5 Å². The fourth-order valence-corrected chi connectivity index (χ4v) is 2.75. The first kappa shape index (κ1) is 13.8. The highest BCUT2D eigenvalue weighted by molar-refractivity contribution is 5.29. The van der Waals surface area contributed by atoms with Crippen molar-refractivity contribution in [2.24, 2.45) is 5.92 Å². The monoisotopic (exact) mass is 275 g/mol. The third-order valence-electron chi connectivity index (χ3n) is 4.11. The highest BCUT2D eigenvalue weighted by Gasteiger charge is 2.23. The fraction of sp³-hybridized carbons (Fsp3) is 0.733. The summed E-state index contributed by atoms with van der Waals surface area (Å²) >= 11 is 0. The van der Waals surface area contributed by atoms with Gasteiger partial charge in [0.25, 0.3) is 0 Å². The second kappa shape index (κ2) is 6.50. The van der Waals surface area contributed by atoms with Gasteiger partial charge in [-0.1, -0.05) is 6.92 Å². The van der Waals surface area contributed by atoms with E-state index in [9.17, 15) is 0 Å². The summed E-state index contributed by atoms with van der Waals surface area (Å²) in [5.41, 5.74) is 0. The highest BCUT2D eigenvalue weighted by atomic mass is 15.3. The smallest absolute Gasteiger partial charge is 0.225 e. The van der Waals surface area contributed by atoms with Crippen LogP contribution in [0.15, 0.2) is 18.5 Å². The van der Waals surface area contributed by atoms with E-state index in [4.69, 9.17) is 0 Å². The molecule has 1 saturated heterocycles. The lowest BCUT2D eigenvalue weighted by Gasteiger charge is -2.35. The number of hydrogen-bond donors (Lipinski definition) is 1. The Morgan fingerprint density at radius 3 is 2.55 bits per heavy atom. The summed E-state index contributed by atoms with van der Waals surface area (Å²) in [6.45, 7) is 9.01. The number of piperazine rings is 1. The number of rotatable bonds is 6. The Bertz CT molecular complexity index is 398. The normalized spacial score (nSPS) is 21.9. The zero-order valence-corrected chi connectivity index (χ0v) is 12.3. The molecule has 5 nitrogen and oxygen atoms in total. The molecule has 0 bridgehead atoms. The second-order valence-electron chi connectivity index (χ2n) is 6.12. The van der Waals surface area contributed by atoms with Crippen molar-refractivity contribution in [3.8, 4) is 0 Å². The number of anilines is 1. The van der Waals surface area contributed by atoms with Crippen LogP contribution in [-0.4, -0.2) is 60.2 Å². The zero-order valence-electron chi connectivity index (χ0n) is 12.3. The summed E-state index contributed by atoms with van der Waals surface area (Å²) in [5.74, 6) is 1.60. The largest absolute Gasteiger partial charge is 0.338 e. The molecule has 2 aliphatic rings. The van der Waals surface area contributed by atoms with E-state index in [1.807, 2.05) is 18.5 Å². The standard InChI is InChI=1S/C15H25N5/c1-13(11-18-14-3-4-14)12-19-7-9-20(10-8-19)15-16-5-2-6-17-15/h2,5-6,13-14,18H,3-4,7-12H2,1H3. The molecule has 20 heavy (non-hydrogen) atoms. The van der Waals surface area contributed by atoms with Crippen LogP contribution in [0.5, 0.6) is 0 Å². The number of nitrogens with one attached hydrogen (secondary N) is 1. The van der Waals surface area contributed by atoms with Gasteiger partial charge < -0.3 is 10.2 Å². The van der Waals surface area contributed by atoms with Crippen LogP contribution in [0.1, 0.15) is 19.8 Å². The van der Waals surface area contributed by atoms with Gasteiger partial charge in [-0.25, -0.2) is 9.97 Å². The first-order chi connectivity index (χ1) is 9.81. The summed E-state index contributed by atoms with van der Waals surface area (Å²) < 4.78 is 0. The van der Waals surface area contributed by atoms with E-state index >= 15 is 0 Å². The molecule has 1 saturated carbocycles. The molecule has 1 aliphatic heterocycles. The van der Waals surface area contributed by atoms with Gasteiger partial charge in [-0.15, -0.1) is 0 Å². The molecule has 3 rings (SSSR count). The predicted molar refractivity (Wildman–Crippen MR) is 80.9 cm³/mol. The molecule has 2 heterocycles. The maximum absolute atomic E-state index is 4.33. The molecule has 1 aromatic rings. The number of aromatic nitrogens is 2. The maximum atomic E-state index is 4.33. The van der Waals surface area contributed by atoms with Gasteiger partial charge in [0.05, 0.1) is 0 Å². The molecular formula is C15H25N5. The van der Waals surface area contributed by atoms with Crippen molar-refractivity contribution in [1.82, 2.24) is 20.2 Å². The van der Waals surface area contributed by atoms with Crippen molar-refractivity contribution in [1.29, 1.82) is 0 Å². The van der Waals surface area contributed by atoms with Gasteiger partial charge in [0.1, 0.15) is 0 Å². The molecule has 0 radical (unpaired) electrons. The van der Waals surface area contributed by atoms with Gasteiger partial charge in [-0.2, -0.15) is 0 Å². The second-order valence-corrected chi connectivity index (χ2v) is 6.12. The Kier molecular flexibility index (Phi) is 4.47. The molecule has 1 aromatic heterocycles. The van der Waals surface area contributed by atoms with Gasteiger partial charge >= 0.3 is 0 Å². The van der Waals surface area contributed by atoms with Crippen molar-refractivity contribution in [3.63, 3.8) is 0 Å². The van der Waals surface area contributed by atoms with E-state index in [-0.39, 0.29) is 0 Å². The topological polar surface area (TPSA) is 44.3 Å². The molecule has 0 spiro atoms. The number of hydrogen-bond acceptors (Lipinski definition) is 5. The molecule has 0 aromatic carbocycles. The summed E-state index contributed by atoms with van der Waals surface area (Å²) in [6, 6.07) is 2.69. The van der Waals surface area contributed by atoms with Crippen LogP contribution >= 0.6 is 0 Å². The molecule has 110 valence electrons. The van der Waals surface area contributed by atoms with Crippen LogP contribution < -0.4 is 10.2 Å². The lowest BCUT2D eigenvalue weighted by molar-refractivity contribution is 0.221. The molecule has 0 amide bonds. The van der Waals surface area contributed by atoms with Crippen LogP contribution in [0.3, 0.4) is 0 Å². The summed E-state index contributed by atoms with van der Waals surface area (Å²) in [7, 11) is 0. The Labute approximate surface area is 121 Å². The minimum absolute atomic E-state index is 0.732. The van der Waals surface area contributed by atoms with E-state index in [1.54, 1.807) is 0 Å². The molecule has 1 N–H and O–H groups in total. The molecule has 1 atom stereocenters. The van der Waals surface area contributed by atoms with Crippen LogP contribution in [0, 0.1) is 5.92 Å². The Balaban J connectivity index is 1.39. The molecule has 5 heteroatoms. The van der Waals surface area contributed by atoms with Crippen molar-refractivity contribution >= 4 is 5.95 Å².